The SMILES string of the molecule is CCCCCCCCCCCCCCCCCCCC(=O)OC[C@@H](COC(=O)CCCCCCCCCCCCCCCCCC)OC(=O)CCCCCCCCCCCC. The van der Waals surface area contributed by atoms with E-state index in [1.54, 1.807) is 0 Å². The van der Waals surface area contributed by atoms with Gasteiger partial charge in [-0.05, 0) is 19.3 Å². The van der Waals surface area contributed by atoms with Crippen LogP contribution >= 0.6 is 0 Å². The summed E-state index contributed by atoms with van der Waals surface area (Å²) in [5, 5.41) is 0. The highest BCUT2D eigenvalue weighted by molar-refractivity contribution is 5.71. The van der Waals surface area contributed by atoms with E-state index in [0.717, 1.165) is 57.8 Å². The number of ether oxygens (including phenoxy) is 3. The van der Waals surface area contributed by atoms with Gasteiger partial charge in [-0.3, -0.25) is 14.4 Å². The molecule has 1 atom stereocenters. The van der Waals surface area contributed by atoms with Crippen molar-refractivity contribution in [3.63, 3.8) is 0 Å². The van der Waals surface area contributed by atoms with Gasteiger partial charge in [0, 0.05) is 19.3 Å². The van der Waals surface area contributed by atoms with Crippen molar-refractivity contribution in [2.45, 2.75) is 322 Å². The van der Waals surface area contributed by atoms with Crippen molar-refractivity contribution in [3.8, 4) is 0 Å². The Bertz CT molecular complexity index is 905. The summed E-state index contributed by atoms with van der Waals surface area (Å²) < 4.78 is 16.8. The van der Waals surface area contributed by atoms with Gasteiger partial charge in [0.05, 0.1) is 0 Å². The molecule has 0 rings (SSSR count). The highest BCUT2D eigenvalue weighted by Gasteiger charge is 2.19. The third-order valence-corrected chi connectivity index (χ3v) is 12.6. The fourth-order valence-corrected chi connectivity index (χ4v) is 8.45. The molecule has 61 heavy (non-hydrogen) atoms. The molecule has 0 heterocycles. The molecule has 0 aromatic heterocycles. The lowest BCUT2D eigenvalue weighted by Crippen LogP contribution is -2.30. The first kappa shape index (κ1) is 59.4. The van der Waals surface area contributed by atoms with Crippen LogP contribution in [0.2, 0.25) is 0 Å². The lowest BCUT2D eigenvalue weighted by molar-refractivity contribution is -0.167. The van der Waals surface area contributed by atoms with E-state index < -0.39 is 6.10 Å². The van der Waals surface area contributed by atoms with Gasteiger partial charge in [0.15, 0.2) is 6.10 Å². The smallest absolute Gasteiger partial charge is 0.306 e. The van der Waals surface area contributed by atoms with Crippen LogP contribution in [-0.4, -0.2) is 37.2 Å². The van der Waals surface area contributed by atoms with E-state index >= 15 is 0 Å². The van der Waals surface area contributed by atoms with Crippen molar-refractivity contribution in [3.05, 3.63) is 0 Å². The summed E-state index contributed by atoms with van der Waals surface area (Å²) in [6, 6.07) is 0. The van der Waals surface area contributed by atoms with Gasteiger partial charge < -0.3 is 14.2 Å². The summed E-state index contributed by atoms with van der Waals surface area (Å²) in [5.41, 5.74) is 0. The number of carbonyl (C=O) groups is 3. The Kier molecular flexibility index (Phi) is 49.7. The predicted octanol–water partition coefficient (Wildman–Crippen LogP) is 18.0. The molecule has 0 amide bonds. The molecule has 0 N–H and O–H groups in total. The Morgan fingerprint density at radius 3 is 0.656 bits per heavy atom. The summed E-state index contributed by atoms with van der Waals surface area (Å²) in [6.07, 6.45) is 55.2. The van der Waals surface area contributed by atoms with Gasteiger partial charge in [-0.2, -0.15) is 0 Å². The standard InChI is InChI=1S/C55H106O6/c1-4-7-10-13-16-19-22-24-26-28-30-32-34-37-39-42-45-48-54(57)60-51-52(61-55(58)49-46-43-40-35-21-18-15-12-9-6-3)50-59-53(56)47-44-41-38-36-33-31-29-27-25-23-20-17-14-11-8-5-2/h52H,4-51H2,1-3H3/t52-/m1/s1. The van der Waals surface area contributed by atoms with Crippen molar-refractivity contribution in [1.82, 2.24) is 0 Å². The highest BCUT2D eigenvalue weighted by atomic mass is 16.6. The molecule has 6 nitrogen and oxygen atoms in total. The lowest BCUT2D eigenvalue weighted by atomic mass is 10.0. The first-order valence-corrected chi connectivity index (χ1v) is 27.5. The molecule has 0 saturated carbocycles. The average molecular weight is 863 g/mol. The van der Waals surface area contributed by atoms with Crippen LogP contribution in [0.3, 0.4) is 0 Å². The molecule has 0 aliphatic carbocycles. The Labute approximate surface area is 380 Å². The van der Waals surface area contributed by atoms with Crippen LogP contribution in [0.4, 0.5) is 0 Å². The van der Waals surface area contributed by atoms with E-state index in [0.29, 0.717) is 19.3 Å². The molecule has 0 aliphatic heterocycles. The Morgan fingerprint density at radius 1 is 0.262 bits per heavy atom. The molecule has 0 fully saturated rings. The van der Waals surface area contributed by atoms with E-state index in [1.807, 2.05) is 0 Å². The van der Waals surface area contributed by atoms with Crippen molar-refractivity contribution in [2.75, 3.05) is 13.2 Å². The quantitative estimate of drug-likeness (QED) is 0.0344. The molecule has 0 spiro atoms. The van der Waals surface area contributed by atoms with Crippen LogP contribution in [0.25, 0.3) is 0 Å². The first-order chi connectivity index (χ1) is 30.0. The zero-order valence-electron chi connectivity index (χ0n) is 41.5. The van der Waals surface area contributed by atoms with Gasteiger partial charge in [-0.1, -0.05) is 278 Å². The van der Waals surface area contributed by atoms with Gasteiger partial charge in [0.2, 0.25) is 0 Å². The topological polar surface area (TPSA) is 78.9 Å². The third kappa shape index (κ3) is 49.3. The molecule has 0 unspecified atom stereocenters. The minimum atomic E-state index is -0.759. The van der Waals surface area contributed by atoms with Crippen molar-refractivity contribution < 1.29 is 28.6 Å². The second-order valence-corrected chi connectivity index (χ2v) is 18.9. The third-order valence-electron chi connectivity index (χ3n) is 12.6. The van der Waals surface area contributed by atoms with Crippen molar-refractivity contribution in [2.24, 2.45) is 0 Å². The van der Waals surface area contributed by atoms with Gasteiger partial charge in [0.25, 0.3) is 0 Å². The Hall–Kier alpha value is -1.59. The number of hydrogen-bond acceptors (Lipinski definition) is 6. The monoisotopic (exact) mass is 863 g/mol. The fourth-order valence-electron chi connectivity index (χ4n) is 8.45. The highest BCUT2D eigenvalue weighted by Crippen LogP contribution is 2.17. The zero-order valence-corrected chi connectivity index (χ0v) is 41.5. The molecule has 0 aromatic carbocycles. The van der Waals surface area contributed by atoms with E-state index in [2.05, 4.69) is 20.8 Å². The number of esters is 3. The van der Waals surface area contributed by atoms with Crippen LogP contribution in [0, 0.1) is 0 Å². The van der Waals surface area contributed by atoms with Crippen LogP contribution in [-0.2, 0) is 28.6 Å². The summed E-state index contributed by atoms with van der Waals surface area (Å²) in [7, 11) is 0. The van der Waals surface area contributed by atoms with E-state index in [1.165, 1.54) is 218 Å². The normalized spacial score (nSPS) is 11.9. The molecular weight excluding hydrogens is 757 g/mol. The minimum absolute atomic E-state index is 0.0616. The van der Waals surface area contributed by atoms with Gasteiger partial charge in [0.1, 0.15) is 13.2 Å². The summed E-state index contributed by atoms with van der Waals surface area (Å²) >= 11 is 0. The van der Waals surface area contributed by atoms with E-state index in [-0.39, 0.29) is 31.1 Å². The summed E-state index contributed by atoms with van der Waals surface area (Å²) in [4.78, 5) is 38.0. The molecule has 0 aromatic rings. The minimum Gasteiger partial charge on any atom is -0.462 e. The van der Waals surface area contributed by atoms with E-state index in [9.17, 15) is 14.4 Å². The lowest BCUT2D eigenvalue weighted by Gasteiger charge is -2.18. The summed E-state index contributed by atoms with van der Waals surface area (Å²) in [5.74, 6) is -0.838. The summed E-state index contributed by atoms with van der Waals surface area (Å²) in [6.45, 7) is 6.68. The first-order valence-electron chi connectivity index (χ1n) is 27.5. The molecule has 362 valence electrons. The number of hydrogen-bond donors (Lipinski definition) is 0. The van der Waals surface area contributed by atoms with Gasteiger partial charge in [-0.25, -0.2) is 0 Å². The van der Waals surface area contributed by atoms with Crippen LogP contribution < -0.4 is 0 Å². The second-order valence-electron chi connectivity index (χ2n) is 18.9. The van der Waals surface area contributed by atoms with Gasteiger partial charge in [-0.15, -0.1) is 0 Å². The number of rotatable bonds is 51. The Balaban J connectivity index is 4.23. The molecule has 0 saturated heterocycles. The number of unbranched alkanes of at least 4 members (excludes halogenated alkanes) is 40. The van der Waals surface area contributed by atoms with E-state index in [4.69, 9.17) is 14.2 Å². The Morgan fingerprint density at radius 2 is 0.443 bits per heavy atom. The van der Waals surface area contributed by atoms with Crippen molar-refractivity contribution in [1.29, 1.82) is 0 Å². The van der Waals surface area contributed by atoms with Crippen LogP contribution in [0.1, 0.15) is 316 Å². The van der Waals surface area contributed by atoms with Gasteiger partial charge >= 0.3 is 17.9 Å². The van der Waals surface area contributed by atoms with Crippen LogP contribution in [0.15, 0.2) is 0 Å². The largest absolute Gasteiger partial charge is 0.462 e. The average Bonchev–Trinajstić information content (AvgIpc) is 3.26. The molecule has 0 bridgehead atoms. The second kappa shape index (κ2) is 51.0. The fraction of sp³-hybridized carbons (Fsp3) is 0.945. The molecule has 0 aliphatic rings. The maximum Gasteiger partial charge on any atom is 0.306 e. The molecule has 0 radical (unpaired) electrons. The van der Waals surface area contributed by atoms with Crippen LogP contribution in [0.5, 0.6) is 0 Å². The number of carbonyl (C=O) groups excluding carboxylic acids is 3. The zero-order chi connectivity index (χ0) is 44.4. The van der Waals surface area contributed by atoms with Crippen molar-refractivity contribution >= 4 is 17.9 Å². The molecular formula is C55H106O6. The molecule has 6 heteroatoms. The predicted molar refractivity (Wildman–Crippen MR) is 261 cm³/mol. The maximum atomic E-state index is 12.8. The maximum absolute atomic E-state index is 12.8.